The summed E-state index contributed by atoms with van der Waals surface area (Å²) >= 11 is 0. The summed E-state index contributed by atoms with van der Waals surface area (Å²) < 4.78 is 36.9. The number of rotatable bonds is 8. The molecule has 1 aromatic carbocycles. The van der Waals surface area contributed by atoms with Crippen molar-refractivity contribution < 1.29 is 27.9 Å². The molecule has 2 N–H and O–H groups in total. The minimum absolute atomic E-state index is 0.471. The molecule has 0 bridgehead atoms. The molecule has 0 fully saturated rings. The molecule has 0 radical (unpaired) electrons. The molecular weight excluding hydrogens is 311 g/mol. The SMILES string of the molecule is CC(CCCc1ccccc1)C(=O)NC(CC(F)(F)F)C(=O)O. The standard InChI is InChI=1S/C16H20F3NO3/c1-11(6-5-9-12-7-3-2-4-8-12)14(21)20-13(15(22)23)10-16(17,18)19/h2-4,7-8,11,13H,5-6,9-10H2,1H3,(H,20,21)(H,22,23). The zero-order chi connectivity index (χ0) is 17.5. The van der Waals surface area contributed by atoms with Crippen LogP contribution in [0.15, 0.2) is 30.3 Å². The van der Waals surface area contributed by atoms with Crippen molar-refractivity contribution in [3.05, 3.63) is 35.9 Å². The first-order valence-corrected chi connectivity index (χ1v) is 7.33. The second-order valence-corrected chi connectivity index (χ2v) is 5.50. The lowest BCUT2D eigenvalue weighted by Crippen LogP contribution is -2.45. The van der Waals surface area contributed by atoms with Gasteiger partial charge in [-0.1, -0.05) is 37.3 Å². The van der Waals surface area contributed by atoms with Crippen LogP contribution < -0.4 is 5.32 Å². The van der Waals surface area contributed by atoms with E-state index in [1.807, 2.05) is 35.6 Å². The second kappa shape index (κ2) is 8.55. The Bertz CT molecular complexity index is 517. The Kier molecular flexibility index (Phi) is 7.06. The molecule has 1 amide bonds. The van der Waals surface area contributed by atoms with Crippen molar-refractivity contribution in [2.75, 3.05) is 0 Å². The van der Waals surface area contributed by atoms with E-state index < -0.39 is 36.4 Å². The number of halogens is 3. The molecular formula is C16H20F3NO3. The number of hydrogen-bond donors (Lipinski definition) is 2. The van der Waals surface area contributed by atoms with Gasteiger partial charge >= 0.3 is 12.1 Å². The van der Waals surface area contributed by atoms with Crippen LogP contribution in [0.5, 0.6) is 0 Å². The molecule has 128 valence electrons. The Morgan fingerprint density at radius 3 is 2.35 bits per heavy atom. The van der Waals surface area contributed by atoms with Crippen molar-refractivity contribution in [2.45, 2.75) is 44.8 Å². The van der Waals surface area contributed by atoms with E-state index in [-0.39, 0.29) is 0 Å². The third-order valence-corrected chi connectivity index (χ3v) is 3.44. The molecule has 0 spiro atoms. The van der Waals surface area contributed by atoms with Crippen LogP contribution >= 0.6 is 0 Å². The predicted molar refractivity (Wildman–Crippen MR) is 78.8 cm³/mol. The molecule has 2 unspecified atom stereocenters. The number of alkyl halides is 3. The number of nitrogens with one attached hydrogen (secondary N) is 1. The lowest BCUT2D eigenvalue weighted by Gasteiger charge is -2.19. The van der Waals surface area contributed by atoms with Gasteiger partial charge in [0.1, 0.15) is 6.04 Å². The number of hydrogen-bond acceptors (Lipinski definition) is 2. The molecule has 0 aliphatic heterocycles. The van der Waals surface area contributed by atoms with Gasteiger partial charge in [-0.3, -0.25) is 4.79 Å². The van der Waals surface area contributed by atoms with E-state index in [4.69, 9.17) is 5.11 Å². The molecule has 0 aliphatic rings. The lowest BCUT2D eigenvalue weighted by atomic mass is 10.00. The van der Waals surface area contributed by atoms with Crippen molar-refractivity contribution in [2.24, 2.45) is 5.92 Å². The van der Waals surface area contributed by atoms with E-state index in [2.05, 4.69) is 0 Å². The molecule has 1 aromatic rings. The fourth-order valence-corrected chi connectivity index (χ4v) is 2.13. The Hall–Kier alpha value is -2.05. The van der Waals surface area contributed by atoms with Gasteiger partial charge < -0.3 is 10.4 Å². The summed E-state index contributed by atoms with van der Waals surface area (Å²) in [6.07, 6.45) is -4.31. The minimum Gasteiger partial charge on any atom is -0.480 e. The van der Waals surface area contributed by atoms with Crippen LogP contribution in [0.1, 0.15) is 31.7 Å². The Labute approximate surface area is 132 Å². The summed E-state index contributed by atoms with van der Waals surface area (Å²) in [7, 11) is 0. The van der Waals surface area contributed by atoms with Crippen LogP contribution in [0.4, 0.5) is 13.2 Å². The summed E-state index contributed by atoms with van der Waals surface area (Å²) in [4.78, 5) is 22.7. The fraction of sp³-hybridized carbons (Fsp3) is 0.500. The normalized spacial score (nSPS) is 14.1. The van der Waals surface area contributed by atoms with Gasteiger partial charge in [0, 0.05) is 5.92 Å². The topological polar surface area (TPSA) is 66.4 Å². The third-order valence-electron chi connectivity index (χ3n) is 3.44. The zero-order valence-corrected chi connectivity index (χ0v) is 12.8. The monoisotopic (exact) mass is 331 g/mol. The maximum atomic E-state index is 12.3. The largest absolute Gasteiger partial charge is 0.480 e. The van der Waals surface area contributed by atoms with Gasteiger partial charge in [0.05, 0.1) is 6.42 Å². The number of carbonyl (C=O) groups excluding carboxylic acids is 1. The number of aliphatic carboxylic acids is 1. The number of amides is 1. The van der Waals surface area contributed by atoms with Gasteiger partial charge in [-0.25, -0.2) is 4.79 Å². The summed E-state index contributed by atoms with van der Waals surface area (Å²) in [5.41, 5.74) is 1.11. The van der Waals surface area contributed by atoms with Gasteiger partial charge in [-0.15, -0.1) is 0 Å². The highest BCUT2D eigenvalue weighted by Gasteiger charge is 2.36. The number of aryl methyl sites for hydroxylation is 1. The van der Waals surface area contributed by atoms with E-state index in [9.17, 15) is 22.8 Å². The maximum absolute atomic E-state index is 12.3. The van der Waals surface area contributed by atoms with E-state index >= 15 is 0 Å². The Balaban J connectivity index is 2.44. The molecule has 0 saturated carbocycles. The average molecular weight is 331 g/mol. The fourth-order valence-electron chi connectivity index (χ4n) is 2.13. The van der Waals surface area contributed by atoms with Crippen molar-refractivity contribution in [1.29, 1.82) is 0 Å². The van der Waals surface area contributed by atoms with E-state index in [1.165, 1.54) is 0 Å². The molecule has 4 nitrogen and oxygen atoms in total. The molecule has 0 aliphatic carbocycles. The molecule has 1 rings (SSSR count). The van der Waals surface area contributed by atoms with E-state index in [0.29, 0.717) is 12.8 Å². The van der Waals surface area contributed by atoms with Crippen LogP contribution in [0.2, 0.25) is 0 Å². The predicted octanol–water partition coefficient (Wildman–Crippen LogP) is 3.17. The van der Waals surface area contributed by atoms with Gasteiger partial charge in [-0.05, 0) is 24.8 Å². The highest BCUT2D eigenvalue weighted by molar-refractivity contribution is 5.84. The molecule has 7 heteroatoms. The van der Waals surface area contributed by atoms with Crippen LogP contribution in [-0.4, -0.2) is 29.2 Å². The summed E-state index contributed by atoms with van der Waals surface area (Å²) in [6.45, 7) is 1.58. The number of carboxylic acid groups (broad SMARTS) is 1. The summed E-state index contributed by atoms with van der Waals surface area (Å²) in [5.74, 6) is -2.91. The van der Waals surface area contributed by atoms with Crippen LogP contribution in [-0.2, 0) is 16.0 Å². The first kappa shape index (κ1) is 19.0. The van der Waals surface area contributed by atoms with Crippen LogP contribution in [0.3, 0.4) is 0 Å². The van der Waals surface area contributed by atoms with Gasteiger partial charge in [0.15, 0.2) is 0 Å². The summed E-state index contributed by atoms with van der Waals surface area (Å²) in [5, 5.41) is 10.7. The minimum atomic E-state index is -4.65. The van der Waals surface area contributed by atoms with Crippen LogP contribution in [0, 0.1) is 5.92 Å². The Morgan fingerprint density at radius 2 is 1.83 bits per heavy atom. The second-order valence-electron chi connectivity index (χ2n) is 5.50. The van der Waals surface area contributed by atoms with E-state index in [1.54, 1.807) is 6.92 Å². The van der Waals surface area contributed by atoms with Crippen molar-refractivity contribution in [1.82, 2.24) is 5.32 Å². The van der Waals surface area contributed by atoms with Crippen molar-refractivity contribution >= 4 is 11.9 Å². The van der Waals surface area contributed by atoms with Gasteiger partial charge in [-0.2, -0.15) is 13.2 Å². The van der Waals surface area contributed by atoms with Gasteiger partial charge in [0.2, 0.25) is 5.91 Å². The highest BCUT2D eigenvalue weighted by Crippen LogP contribution is 2.22. The smallest absolute Gasteiger partial charge is 0.391 e. The lowest BCUT2D eigenvalue weighted by molar-refractivity contribution is -0.160. The van der Waals surface area contributed by atoms with Crippen molar-refractivity contribution in [3.63, 3.8) is 0 Å². The number of carbonyl (C=O) groups is 2. The molecule has 0 aromatic heterocycles. The molecule has 0 heterocycles. The maximum Gasteiger partial charge on any atom is 0.391 e. The number of carboxylic acids is 1. The summed E-state index contributed by atoms with van der Waals surface area (Å²) in [6, 6.07) is 7.66. The molecule has 23 heavy (non-hydrogen) atoms. The average Bonchev–Trinajstić information content (AvgIpc) is 2.46. The zero-order valence-electron chi connectivity index (χ0n) is 12.8. The quantitative estimate of drug-likeness (QED) is 0.769. The third kappa shape index (κ3) is 7.67. The number of benzene rings is 1. The van der Waals surface area contributed by atoms with Gasteiger partial charge in [0.25, 0.3) is 0 Å². The molecule has 0 saturated heterocycles. The first-order chi connectivity index (χ1) is 10.7. The van der Waals surface area contributed by atoms with E-state index in [0.717, 1.165) is 12.0 Å². The van der Waals surface area contributed by atoms with Crippen LogP contribution in [0.25, 0.3) is 0 Å². The highest BCUT2D eigenvalue weighted by atomic mass is 19.4. The first-order valence-electron chi connectivity index (χ1n) is 7.33. The van der Waals surface area contributed by atoms with Crippen molar-refractivity contribution in [3.8, 4) is 0 Å². The molecule has 2 atom stereocenters. The Morgan fingerprint density at radius 1 is 1.22 bits per heavy atom.